The van der Waals surface area contributed by atoms with E-state index in [0.29, 0.717) is 16.3 Å². The monoisotopic (exact) mass is 415 g/mol. The van der Waals surface area contributed by atoms with Crippen molar-refractivity contribution >= 4 is 22.5 Å². The predicted octanol–water partition coefficient (Wildman–Crippen LogP) is 4.38. The number of aromatic nitrogens is 1. The number of nitrogens with zero attached hydrogens (tertiary/aromatic N) is 1. The molecular weight excluding hydrogens is 397 g/mol. The summed E-state index contributed by atoms with van der Waals surface area (Å²) in [5, 5.41) is 1.09. The molecular formula is C25H18FNO4. The first-order chi connectivity index (χ1) is 15.0. The summed E-state index contributed by atoms with van der Waals surface area (Å²) in [5.74, 6) is -1.73. The van der Waals surface area contributed by atoms with Crippen LogP contribution in [0.25, 0.3) is 21.9 Å². The zero-order valence-corrected chi connectivity index (χ0v) is 16.7. The van der Waals surface area contributed by atoms with E-state index in [-0.39, 0.29) is 16.8 Å². The highest BCUT2D eigenvalue weighted by molar-refractivity contribution is 6.07. The Morgan fingerprint density at radius 3 is 2.16 bits per heavy atom. The number of hydrogen-bond donors (Lipinski definition) is 0. The molecule has 6 heteroatoms. The van der Waals surface area contributed by atoms with Gasteiger partial charge in [0, 0.05) is 23.6 Å². The second kappa shape index (κ2) is 8.36. The number of ketones is 1. The molecule has 0 N–H and O–H groups in total. The number of carbonyl (C=O) groups excluding carboxylic acids is 2. The number of rotatable bonds is 5. The summed E-state index contributed by atoms with van der Waals surface area (Å²) in [5.41, 5.74) is 1.24. The van der Waals surface area contributed by atoms with Crippen molar-refractivity contribution in [3.8, 4) is 11.1 Å². The normalized spacial score (nSPS) is 10.8. The first-order valence-electron chi connectivity index (χ1n) is 9.60. The fourth-order valence-electron chi connectivity index (χ4n) is 3.52. The third-order valence-electron chi connectivity index (χ3n) is 5.06. The highest BCUT2D eigenvalue weighted by Crippen LogP contribution is 2.30. The Morgan fingerprint density at radius 2 is 1.48 bits per heavy atom. The van der Waals surface area contributed by atoms with Gasteiger partial charge in [0.05, 0.1) is 0 Å². The molecule has 31 heavy (non-hydrogen) atoms. The second-order valence-electron chi connectivity index (χ2n) is 7.01. The highest BCUT2D eigenvalue weighted by atomic mass is 19.1. The number of esters is 1. The molecule has 3 aromatic carbocycles. The van der Waals surface area contributed by atoms with Crippen LogP contribution in [0.3, 0.4) is 0 Å². The van der Waals surface area contributed by atoms with Gasteiger partial charge in [-0.05, 0) is 41.3 Å². The zero-order valence-electron chi connectivity index (χ0n) is 16.7. The number of benzene rings is 3. The Labute approximate surface area is 177 Å². The van der Waals surface area contributed by atoms with E-state index in [1.54, 1.807) is 24.3 Å². The minimum Gasteiger partial charge on any atom is -0.453 e. The fraction of sp³-hybridized carbons (Fsp3) is 0.0800. The molecule has 154 valence electrons. The van der Waals surface area contributed by atoms with Gasteiger partial charge in [0.2, 0.25) is 0 Å². The molecule has 0 unspecified atom stereocenters. The fourth-order valence-corrected chi connectivity index (χ4v) is 3.52. The molecule has 0 spiro atoms. The van der Waals surface area contributed by atoms with Gasteiger partial charge in [0.1, 0.15) is 11.5 Å². The second-order valence-corrected chi connectivity index (χ2v) is 7.01. The molecule has 5 nitrogen and oxygen atoms in total. The van der Waals surface area contributed by atoms with Crippen molar-refractivity contribution in [3.63, 3.8) is 0 Å². The summed E-state index contributed by atoms with van der Waals surface area (Å²) in [4.78, 5) is 38.3. The summed E-state index contributed by atoms with van der Waals surface area (Å²) in [7, 11) is 1.50. The lowest BCUT2D eigenvalue weighted by atomic mass is 9.97. The van der Waals surface area contributed by atoms with E-state index in [1.165, 1.54) is 23.7 Å². The molecule has 0 fully saturated rings. The van der Waals surface area contributed by atoms with Crippen molar-refractivity contribution < 1.29 is 18.7 Å². The van der Waals surface area contributed by atoms with Crippen molar-refractivity contribution in [2.75, 3.05) is 6.61 Å². The van der Waals surface area contributed by atoms with Crippen LogP contribution in [0.4, 0.5) is 4.39 Å². The zero-order chi connectivity index (χ0) is 22.0. The smallest absolute Gasteiger partial charge is 0.356 e. The van der Waals surface area contributed by atoms with Gasteiger partial charge in [0.15, 0.2) is 12.4 Å². The van der Waals surface area contributed by atoms with Crippen LogP contribution in [-0.4, -0.2) is 22.9 Å². The summed E-state index contributed by atoms with van der Waals surface area (Å²) in [6.45, 7) is -0.528. The van der Waals surface area contributed by atoms with Gasteiger partial charge in [-0.2, -0.15) is 0 Å². The first kappa shape index (κ1) is 20.2. The predicted molar refractivity (Wildman–Crippen MR) is 116 cm³/mol. The van der Waals surface area contributed by atoms with Crippen LogP contribution in [-0.2, 0) is 11.8 Å². The van der Waals surface area contributed by atoms with Gasteiger partial charge in [-0.25, -0.2) is 9.18 Å². The molecule has 4 aromatic rings. The number of fused-ring (bicyclic) bond motifs is 1. The van der Waals surface area contributed by atoms with Gasteiger partial charge in [0.25, 0.3) is 5.56 Å². The number of ether oxygens (including phenoxy) is 1. The Morgan fingerprint density at radius 1 is 0.871 bits per heavy atom. The Bertz CT molecular complexity index is 1340. The van der Waals surface area contributed by atoms with E-state index in [9.17, 15) is 18.8 Å². The SMILES string of the molecule is Cn1c(C(=O)OCC(=O)c2ccc(F)cc2)c(-c2ccccc2)c2ccccc2c1=O. The van der Waals surface area contributed by atoms with Gasteiger partial charge < -0.3 is 9.30 Å². The minimum atomic E-state index is -0.792. The number of hydrogen-bond acceptors (Lipinski definition) is 4. The van der Waals surface area contributed by atoms with Crippen LogP contribution in [0, 0.1) is 5.82 Å². The van der Waals surface area contributed by atoms with Crippen LogP contribution in [0.5, 0.6) is 0 Å². The van der Waals surface area contributed by atoms with Crippen molar-refractivity contribution in [2.24, 2.45) is 7.05 Å². The molecule has 1 aromatic heterocycles. The topological polar surface area (TPSA) is 65.4 Å². The van der Waals surface area contributed by atoms with Crippen molar-refractivity contribution in [3.05, 3.63) is 106 Å². The Hall–Kier alpha value is -4.06. The van der Waals surface area contributed by atoms with E-state index in [4.69, 9.17) is 4.74 Å². The maximum atomic E-state index is 13.1. The molecule has 0 amide bonds. The van der Waals surface area contributed by atoms with Crippen molar-refractivity contribution in [1.82, 2.24) is 4.57 Å². The van der Waals surface area contributed by atoms with Crippen molar-refractivity contribution in [1.29, 1.82) is 0 Å². The number of halogens is 1. The molecule has 4 rings (SSSR count). The van der Waals surface area contributed by atoms with Gasteiger partial charge >= 0.3 is 5.97 Å². The lowest BCUT2D eigenvalue weighted by Crippen LogP contribution is -2.27. The highest BCUT2D eigenvalue weighted by Gasteiger charge is 2.23. The quantitative estimate of drug-likeness (QED) is 0.358. The molecule has 1 heterocycles. The van der Waals surface area contributed by atoms with Crippen LogP contribution >= 0.6 is 0 Å². The molecule has 0 aliphatic rings. The molecule has 0 aliphatic carbocycles. The lowest BCUT2D eigenvalue weighted by Gasteiger charge is -2.16. The van der Waals surface area contributed by atoms with E-state index >= 15 is 0 Å². The van der Waals surface area contributed by atoms with Gasteiger partial charge in [-0.1, -0.05) is 48.5 Å². The Balaban J connectivity index is 1.77. The standard InChI is InChI=1S/C25H18FNO4/c1-27-23(25(30)31-15-21(28)16-11-13-18(26)14-12-16)22(17-7-3-2-4-8-17)19-9-5-6-10-20(19)24(27)29/h2-14H,15H2,1H3. The summed E-state index contributed by atoms with van der Waals surface area (Å²) >= 11 is 0. The van der Waals surface area contributed by atoms with E-state index in [0.717, 1.165) is 17.7 Å². The largest absolute Gasteiger partial charge is 0.453 e. The van der Waals surface area contributed by atoms with Gasteiger partial charge in [-0.3, -0.25) is 9.59 Å². The molecule has 0 radical (unpaired) electrons. The lowest BCUT2D eigenvalue weighted by molar-refractivity contribution is 0.0465. The first-order valence-corrected chi connectivity index (χ1v) is 9.60. The Kier molecular flexibility index (Phi) is 5.45. The number of Topliss-reactive ketones (excluding diaryl/α,β-unsaturated/α-hetero) is 1. The average molecular weight is 415 g/mol. The molecule has 0 aliphatic heterocycles. The van der Waals surface area contributed by atoms with E-state index in [1.807, 2.05) is 30.3 Å². The minimum absolute atomic E-state index is 0.0572. The number of pyridine rings is 1. The maximum absolute atomic E-state index is 13.1. The average Bonchev–Trinajstić information content (AvgIpc) is 2.80. The maximum Gasteiger partial charge on any atom is 0.356 e. The van der Waals surface area contributed by atoms with E-state index in [2.05, 4.69) is 0 Å². The molecule has 0 bridgehead atoms. The summed E-state index contributed by atoms with van der Waals surface area (Å²) < 4.78 is 19.6. The van der Waals surface area contributed by atoms with E-state index < -0.39 is 24.2 Å². The van der Waals surface area contributed by atoms with Crippen LogP contribution < -0.4 is 5.56 Å². The third-order valence-corrected chi connectivity index (χ3v) is 5.06. The van der Waals surface area contributed by atoms with Crippen LogP contribution in [0.2, 0.25) is 0 Å². The number of carbonyl (C=O) groups is 2. The summed E-state index contributed by atoms with van der Waals surface area (Å²) in [6.07, 6.45) is 0. The molecule has 0 saturated heterocycles. The van der Waals surface area contributed by atoms with Crippen LogP contribution in [0.15, 0.2) is 83.7 Å². The van der Waals surface area contributed by atoms with Gasteiger partial charge in [-0.15, -0.1) is 0 Å². The summed E-state index contributed by atoms with van der Waals surface area (Å²) in [6, 6.07) is 21.2. The molecule has 0 saturated carbocycles. The molecule has 0 atom stereocenters. The van der Waals surface area contributed by atoms with Crippen molar-refractivity contribution in [2.45, 2.75) is 0 Å². The van der Waals surface area contributed by atoms with Crippen LogP contribution in [0.1, 0.15) is 20.8 Å². The third kappa shape index (κ3) is 3.88.